The zero-order valence-corrected chi connectivity index (χ0v) is 20.5. The molecule has 1 heterocycles. The van der Waals surface area contributed by atoms with E-state index in [0.717, 1.165) is 11.1 Å². The normalized spacial score (nSPS) is 18.1. The minimum absolute atomic E-state index is 0.0522. The van der Waals surface area contributed by atoms with Crippen LogP contribution in [0, 0.1) is 11.2 Å². The zero-order valence-electron chi connectivity index (χ0n) is 19.7. The number of nitrogens with zero attached hydrogens (tertiary/aromatic N) is 1. The smallest absolute Gasteiger partial charge is 0.410 e. The first kappa shape index (κ1) is 25.7. The Kier molecular flexibility index (Phi) is 7.91. The third-order valence-electron chi connectivity index (χ3n) is 6.61. The molecule has 0 aliphatic carbocycles. The highest BCUT2D eigenvalue weighted by Crippen LogP contribution is 2.36. The predicted octanol–water partition coefficient (Wildman–Crippen LogP) is 5.52. The van der Waals surface area contributed by atoms with Crippen LogP contribution in [0.4, 0.5) is 9.18 Å². The van der Waals surface area contributed by atoms with E-state index in [0.29, 0.717) is 35.5 Å². The Morgan fingerprint density at radius 2 is 1.81 bits per heavy atom. The van der Waals surface area contributed by atoms with Gasteiger partial charge in [0.05, 0.1) is 5.41 Å². The van der Waals surface area contributed by atoms with Crippen LogP contribution in [0.1, 0.15) is 24.0 Å². The third-order valence-corrected chi connectivity index (χ3v) is 6.85. The topological polar surface area (TPSA) is 92.9 Å². The van der Waals surface area contributed by atoms with Crippen molar-refractivity contribution in [3.8, 4) is 11.1 Å². The molecule has 4 rings (SSSR count). The molecule has 3 N–H and O–H groups in total. The van der Waals surface area contributed by atoms with Gasteiger partial charge in [0.1, 0.15) is 12.4 Å². The molecule has 6 nitrogen and oxygen atoms in total. The average molecular weight is 511 g/mol. The number of halogens is 2. The Bertz CT molecular complexity index is 1220. The molecule has 1 saturated heterocycles. The SMILES string of the molecule is N[C@H](Cc1ccc(-c2cc(Cl)ccc2F)cc1)CC1(C(=O)O)CCN(C(=O)OCc2ccccc2)C1. The maximum absolute atomic E-state index is 14.2. The molecule has 1 fully saturated rings. The number of likely N-dealkylation sites (tertiary alicyclic amines) is 1. The summed E-state index contributed by atoms with van der Waals surface area (Å²) >= 11 is 6.00. The van der Waals surface area contributed by atoms with Gasteiger partial charge < -0.3 is 20.5 Å². The van der Waals surface area contributed by atoms with Crippen LogP contribution in [-0.2, 0) is 22.6 Å². The first-order valence-corrected chi connectivity index (χ1v) is 12.1. The van der Waals surface area contributed by atoms with Gasteiger partial charge in [-0.1, -0.05) is 66.2 Å². The Morgan fingerprint density at radius 1 is 1.08 bits per heavy atom. The summed E-state index contributed by atoms with van der Waals surface area (Å²) in [6, 6.07) is 20.6. The summed E-state index contributed by atoms with van der Waals surface area (Å²) in [6.45, 7) is 0.480. The van der Waals surface area contributed by atoms with Gasteiger partial charge in [-0.3, -0.25) is 4.79 Å². The fourth-order valence-electron chi connectivity index (χ4n) is 4.68. The lowest BCUT2D eigenvalue weighted by atomic mass is 9.79. The highest BCUT2D eigenvalue weighted by molar-refractivity contribution is 6.30. The number of hydrogen-bond acceptors (Lipinski definition) is 4. The number of aliphatic carboxylic acids is 1. The largest absolute Gasteiger partial charge is 0.481 e. The summed E-state index contributed by atoms with van der Waals surface area (Å²) in [5.41, 5.74) is 8.12. The number of amides is 1. The van der Waals surface area contributed by atoms with E-state index in [1.165, 1.54) is 17.0 Å². The molecule has 0 saturated carbocycles. The van der Waals surface area contributed by atoms with E-state index < -0.39 is 23.5 Å². The number of benzene rings is 3. The van der Waals surface area contributed by atoms with E-state index in [1.54, 1.807) is 18.2 Å². The van der Waals surface area contributed by atoms with Crippen molar-refractivity contribution in [2.45, 2.75) is 31.9 Å². The van der Waals surface area contributed by atoms with E-state index in [4.69, 9.17) is 22.1 Å². The summed E-state index contributed by atoms with van der Waals surface area (Å²) in [7, 11) is 0. The lowest BCUT2D eigenvalue weighted by molar-refractivity contribution is -0.148. The summed E-state index contributed by atoms with van der Waals surface area (Å²) in [5.74, 6) is -1.33. The molecule has 0 bridgehead atoms. The third kappa shape index (κ3) is 6.04. The number of rotatable bonds is 8. The van der Waals surface area contributed by atoms with Crippen molar-refractivity contribution in [1.82, 2.24) is 4.90 Å². The monoisotopic (exact) mass is 510 g/mol. The fourth-order valence-corrected chi connectivity index (χ4v) is 4.86. The summed E-state index contributed by atoms with van der Waals surface area (Å²) in [6.07, 6.45) is 0.449. The zero-order chi connectivity index (χ0) is 25.7. The van der Waals surface area contributed by atoms with Gasteiger partial charge >= 0.3 is 12.1 Å². The summed E-state index contributed by atoms with van der Waals surface area (Å²) in [5, 5.41) is 10.5. The molecule has 0 spiro atoms. The number of nitrogens with two attached hydrogens (primary N) is 1. The van der Waals surface area contributed by atoms with Crippen LogP contribution in [-0.4, -0.2) is 41.2 Å². The van der Waals surface area contributed by atoms with E-state index in [2.05, 4.69) is 0 Å². The molecule has 188 valence electrons. The van der Waals surface area contributed by atoms with Gasteiger partial charge in [-0.2, -0.15) is 0 Å². The molecule has 0 radical (unpaired) electrons. The number of carbonyl (C=O) groups is 2. The molecule has 1 aliphatic rings. The Balaban J connectivity index is 1.36. The number of carboxylic acid groups (broad SMARTS) is 1. The van der Waals surface area contributed by atoms with Crippen LogP contribution in [0.5, 0.6) is 0 Å². The summed E-state index contributed by atoms with van der Waals surface area (Å²) < 4.78 is 19.5. The first-order valence-electron chi connectivity index (χ1n) is 11.7. The van der Waals surface area contributed by atoms with Gasteiger partial charge in [0, 0.05) is 29.7 Å². The highest BCUT2D eigenvalue weighted by atomic mass is 35.5. The quantitative estimate of drug-likeness (QED) is 0.416. The van der Waals surface area contributed by atoms with Crippen molar-refractivity contribution in [2.75, 3.05) is 13.1 Å². The molecular weight excluding hydrogens is 483 g/mol. The van der Waals surface area contributed by atoms with Crippen LogP contribution in [0.3, 0.4) is 0 Å². The number of ether oxygens (including phenoxy) is 1. The molecule has 0 aromatic heterocycles. The minimum Gasteiger partial charge on any atom is -0.481 e. The van der Waals surface area contributed by atoms with Crippen molar-refractivity contribution in [1.29, 1.82) is 0 Å². The standard InChI is InChI=1S/C28H28ClFN2O4/c29-22-10-11-25(30)24(15-22)21-8-6-19(7-9-21)14-23(31)16-28(26(33)34)12-13-32(18-28)27(35)36-17-20-4-2-1-3-5-20/h1-11,15,23H,12-14,16-18,31H2,(H,33,34)/t23-,28?/m1/s1. The van der Waals surface area contributed by atoms with Gasteiger partial charge in [0.15, 0.2) is 0 Å². The van der Waals surface area contributed by atoms with Crippen molar-refractivity contribution < 1.29 is 23.8 Å². The second-order valence-corrected chi connectivity index (χ2v) is 9.72. The van der Waals surface area contributed by atoms with Crippen LogP contribution in [0.2, 0.25) is 5.02 Å². The van der Waals surface area contributed by atoms with Gasteiger partial charge in [0.25, 0.3) is 0 Å². The maximum Gasteiger partial charge on any atom is 0.410 e. The average Bonchev–Trinajstić information content (AvgIpc) is 3.30. The van der Waals surface area contributed by atoms with Crippen molar-refractivity contribution in [3.05, 3.63) is 94.8 Å². The molecule has 1 aliphatic heterocycles. The Labute approximate surface area is 214 Å². The van der Waals surface area contributed by atoms with Crippen molar-refractivity contribution in [3.63, 3.8) is 0 Å². The second-order valence-electron chi connectivity index (χ2n) is 9.29. The lowest BCUT2D eigenvalue weighted by Gasteiger charge is -2.27. The second kappa shape index (κ2) is 11.1. The van der Waals surface area contributed by atoms with Crippen molar-refractivity contribution in [2.24, 2.45) is 11.1 Å². The molecule has 3 aromatic rings. The molecule has 1 unspecified atom stereocenters. The molecular formula is C28H28ClFN2O4. The minimum atomic E-state index is -1.13. The lowest BCUT2D eigenvalue weighted by Crippen LogP contribution is -2.42. The molecule has 2 atom stereocenters. The maximum atomic E-state index is 14.2. The molecule has 1 amide bonds. The van der Waals surface area contributed by atoms with E-state index in [9.17, 15) is 19.1 Å². The van der Waals surface area contributed by atoms with Crippen LogP contribution >= 0.6 is 11.6 Å². The highest BCUT2D eigenvalue weighted by Gasteiger charge is 2.47. The Morgan fingerprint density at radius 3 is 2.50 bits per heavy atom. The van der Waals surface area contributed by atoms with Gasteiger partial charge in [-0.05, 0) is 54.2 Å². The van der Waals surface area contributed by atoms with E-state index in [-0.39, 0.29) is 25.4 Å². The van der Waals surface area contributed by atoms with Crippen LogP contribution in [0.25, 0.3) is 11.1 Å². The van der Waals surface area contributed by atoms with E-state index in [1.807, 2.05) is 42.5 Å². The number of carboxylic acids is 1. The van der Waals surface area contributed by atoms with Gasteiger partial charge in [0.2, 0.25) is 0 Å². The first-order chi connectivity index (χ1) is 17.3. The van der Waals surface area contributed by atoms with Crippen molar-refractivity contribution >= 4 is 23.7 Å². The summed E-state index contributed by atoms with van der Waals surface area (Å²) in [4.78, 5) is 26.2. The predicted molar refractivity (Wildman–Crippen MR) is 136 cm³/mol. The van der Waals surface area contributed by atoms with Crippen LogP contribution < -0.4 is 5.73 Å². The Hall–Kier alpha value is -3.42. The fraction of sp³-hybridized carbons (Fsp3) is 0.286. The molecule has 36 heavy (non-hydrogen) atoms. The number of carbonyl (C=O) groups excluding carboxylic acids is 1. The van der Waals surface area contributed by atoms with Gasteiger partial charge in [-0.25, -0.2) is 9.18 Å². The van der Waals surface area contributed by atoms with Crippen LogP contribution in [0.15, 0.2) is 72.8 Å². The number of hydrogen-bond donors (Lipinski definition) is 2. The van der Waals surface area contributed by atoms with E-state index >= 15 is 0 Å². The molecule has 3 aromatic carbocycles. The molecule has 8 heteroatoms. The van der Waals surface area contributed by atoms with Gasteiger partial charge in [-0.15, -0.1) is 0 Å².